The van der Waals surface area contributed by atoms with Crippen molar-refractivity contribution in [3.63, 3.8) is 0 Å². The Kier molecular flexibility index (Phi) is 8.19. The molecule has 0 unspecified atom stereocenters. The summed E-state index contributed by atoms with van der Waals surface area (Å²) < 4.78 is 19.9. The summed E-state index contributed by atoms with van der Waals surface area (Å²) in [5.41, 5.74) is 0. The van der Waals surface area contributed by atoms with Crippen molar-refractivity contribution in [1.29, 1.82) is 0 Å². The molecule has 0 fully saturated rings. The van der Waals surface area contributed by atoms with Crippen molar-refractivity contribution in [2.45, 2.75) is 19.8 Å². The van der Waals surface area contributed by atoms with Gasteiger partial charge in [0.05, 0.1) is 13.2 Å². The minimum absolute atomic E-state index is 0.269. The van der Waals surface area contributed by atoms with E-state index in [1.165, 1.54) is 21.1 Å². The van der Waals surface area contributed by atoms with E-state index >= 15 is 0 Å². The quantitative estimate of drug-likeness (QED) is 0.375. The van der Waals surface area contributed by atoms with Crippen LogP contribution < -0.4 is 0 Å². The summed E-state index contributed by atoms with van der Waals surface area (Å²) in [6.45, 7) is -0.293. The van der Waals surface area contributed by atoms with E-state index in [1.54, 1.807) is 0 Å². The predicted octanol–water partition coefficient (Wildman–Crippen LogP) is 1.86. The van der Waals surface area contributed by atoms with Gasteiger partial charge in [-0.1, -0.05) is 0 Å². The van der Waals surface area contributed by atoms with E-state index in [0.29, 0.717) is 13.2 Å². The lowest BCUT2D eigenvalue weighted by molar-refractivity contribution is -0.141. The van der Waals surface area contributed by atoms with Gasteiger partial charge in [0.25, 0.3) is 0 Å². The van der Waals surface area contributed by atoms with Gasteiger partial charge < -0.3 is 18.3 Å². The highest BCUT2D eigenvalue weighted by atomic mass is 32.5. The minimum atomic E-state index is -2.52. The second-order valence-electron chi connectivity index (χ2n) is 2.69. The summed E-state index contributed by atoms with van der Waals surface area (Å²) in [5.74, 6) is -0.269. The zero-order valence-corrected chi connectivity index (χ0v) is 10.9. The molecule has 0 radical (unpaired) electrons. The van der Waals surface area contributed by atoms with Gasteiger partial charge in [0.15, 0.2) is 0 Å². The largest absolute Gasteiger partial charge is 0.466 e. The van der Waals surface area contributed by atoms with Gasteiger partial charge in [0.2, 0.25) is 0 Å². The molecule has 0 aliphatic heterocycles. The number of rotatable bonds is 8. The summed E-state index contributed by atoms with van der Waals surface area (Å²) in [6.07, 6.45) is 1.49. The molecule has 0 saturated carbocycles. The van der Waals surface area contributed by atoms with E-state index in [1.807, 2.05) is 0 Å². The number of hydrogen-bond donors (Lipinski definition) is 0. The van der Waals surface area contributed by atoms with Crippen LogP contribution in [0.5, 0.6) is 0 Å². The van der Waals surface area contributed by atoms with Crippen LogP contribution in [0.25, 0.3) is 0 Å². The molecule has 0 aromatic rings. The highest BCUT2D eigenvalue weighted by Crippen LogP contribution is 2.47. The molecular weight excluding hydrogens is 239 g/mol. The fraction of sp³-hybridized carbons (Fsp3) is 0.875. The fourth-order valence-electron chi connectivity index (χ4n) is 0.776. The number of esters is 1. The molecule has 7 heteroatoms. The summed E-state index contributed by atoms with van der Waals surface area (Å²) in [6, 6.07) is 0. The van der Waals surface area contributed by atoms with Gasteiger partial charge in [-0.25, -0.2) is 0 Å². The number of unbranched alkanes of at least 4 members (excludes halogenated alkanes) is 1. The molecule has 15 heavy (non-hydrogen) atoms. The smallest absolute Gasteiger partial charge is 0.326 e. The van der Waals surface area contributed by atoms with Gasteiger partial charge in [0.1, 0.15) is 0 Å². The SMILES string of the molecule is COP(=S)(OC)OCCCCOC(C)=O. The van der Waals surface area contributed by atoms with Gasteiger partial charge in [0, 0.05) is 21.1 Å². The van der Waals surface area contributed by atoms with E-state index in [9.17, 15) is 4.79 Å². The number of ether oxygens (including phenoxy) is 1. The maximum absolute atomic E-state index is 10.4. The van der Waals surface area contributed by atoms with E-state index < -0.39 is 6.72 Å². The van der Waals surface area contributed by atoms with Crippen LogP contribution in [0, 0.1) is 0 Å². The molecule has 0 atom stereocenters. The van der Waals surface area contributed by atoms with Crippen LogP contribution in [0.2, 0.25) is 0 Å². The van der Waals surface area contributed by atoms with E-state index in [4.69, 9.17) is 30.1 Å². The Morgan fingerprint density at radius 3 is 2.20 bits per heavy atom. The summed E-state index contributed by atoms with van der Waals surface area (Å²) >= 11 is 4.98. The summed E-state index contributed by atoms with van der Waals surface area (Å²) in [5, 5.41) is 0. The Balaban J connectivity index is 3.45. The van der Waals surface area contributed by atoms with Crippen molar-refractivity contribution in [2.75, 3.05) is 27.4 Å². The van der Waals surface area contributed by atoms with Crippen LogP contribution in [0.1, 0.15) is 19.8 Å². The number of carbonyl (C=O) groups excluding carboxylic acids is 1. The molecule has 0 N–H and O–H groups in total. The molecule has 0 rings (SSSR count). The first-order valence-electron chi connectivity index (χ1n) is 4.53. The van der Waals surface area contributed by atoms with Gasteiger partial charge in [-0.3, -0.25) is 4.79 Å². The monoisotopic (exact) mass is 256 g/mol. The Bertz CT molecular complexity index is 225. The Hall–Kier alpha value is -0.000000000000000111. The molecule has 0 heterocycles. The van der Waals surface area contributed by atoms with Crippen molar-refractivity contribution >= 4 is 24.5 Å². The second-order valence-corrected chi connectivity index (χ2v) is 5.92. The standard InChI is InChI=1S/C8H17O5PS/c1-8(9)12-6-4-5-7-13-14(15,10-2)11-3/h4-7H2,1-3H3. The highest BCUT2D eigenvalue weighted by molar-refractivity contribution is 8.07. The number of hydrogen-bond acceptors (Lipinski definition) is 6. The highest BCUT2D eigenvalue weighted by Gasteiger charge is 2.15. The molecule has 0 amide bonds. The maximum Gasteiger partial charge on any atom is 0.326 e. The first-order valence-corrected chi connectivity index (χ1v) is 7.09. The van der Waals surface area contributed by atoms with Crippen LogP contribution >= 0.6 is 6.72 Å². The molecule has 5 nitrogen and oxygen atoms in total. The van der Waals surface area contributed by atoms with E-state index in [0.717, 1.165) is 12.8 Å². The lowest BCUT2D eigenvalue weighted by Gasteiger charge is -2.16. The molecule has 0 bridgehead atoms. The Morgan fingerprint density at radius 1 is 1.20 bits per heavy atom. The first kappa shape index (κ1) is 15.0. The third-order valence-electron chi connectivity index (χ3n) is 1.54. The summed E-state index contributed by atoms with van der Waals surface area (Å²) in [7, 11) is 2.92. The molecule has 0 aromatic heterocycles. The minimum Gasteiger partial charge on any atom is -0.466 e. The van der Waals surface area contributed by atoms with E-state index in [-0.39, 0.29) is 5.97 Å². The predicted molar refractivity (Wildman–Crippen MR) is 60.1 cm³/mol. The van der Waals surface area contributed by atoms with Crippen molar-refractivity contribution in [3.05, 3.63) is 0 Å². The molecule has 0 saturated heterocycles. The third-order valence-corrected chi connectivity index (χ3v) is 4.14. The van der Waals surface area contributed by atoms with Gasteiger partial charge >= 0.3 is 12.7 Å². The molecule has 0 aliphatic carbocycles. The fourth-order valence-corrected chi connectivity index (χ4v) is 1.71. The third kappa shape index (κ3) is 7.88. The normalized spacial score (nSPS) is 11.4. The van der Waals surface area contributed by atoms with Gasteiger partial charge in [-0.15, -0.1) is 0 Å². The maximum atomic E-state index is 10.4. The van der Waals surface area contributed by atoms with E-state index in [2.05, 4.69) is 0 Å². The lowest BCUT2D eigenvalue weighted by atomic mass is 10.3. The molecule has 0 aliphatic rings. The summed E-state index contributed by atoms with van der Waals surface area (Å²) in [4.78, 5) is 10.4. The topological polar surface area (TPSA) is 54.0 Å². The van der Waals surface area contributed by atoms with Crippen molar-refractivity contribution < 1.29 is 23.1 Å². The molecular formula is C8H17O5PS. The zero-order valence-electron chi connectivity index (χ0n) is 9.23. The molecule has 0 aromatic carbocycles. The second kappa shape index (κ2) is 8.19. The molecule has 0 spiro atoms. The van der Waals surface area contributed by atoms with Gasteiger partial charge in [-0.05, 0) is 24.6 Å². The van der Waals surface area contributed by atoms with Crippen LogP contribution in [0.4, 0.5) is 0 Å². The zero-order chi connectivity index (χ0) is 11.7. The van der Waals surface area contributed by atoms with Crippen molar-refractivity contribution in [3.8, 4) is 0 Å². The van der Waals surface area contributed by atoms with Gasteiger partial charge in [-0.2, -0.15) is 0 Å². The van der Waals surface area contributed by atoms with Crippen LogP contribution in [0.3, 0.4) is 0 Å². The average molecular weight is 256 g/mol. The average Bonchev–Trinajstić information content (AvgIpc) is 2.22. The van der Waals surface area contributed by atoms with Crippen molar-refractivity contribution in [2.24, 2.45) is 0 Å². The van der Waals surface area contributed by atoms with Crippen molar-refractivity contribution in [1.82, 2.24) is 0 Å². The van der Waals surface area contributed by atoms with Crippen LogP contribution in [0.15, 0.2) is 0 Å². The van der Waals surface area contributed by atoms with Crippen LogP contribution in [-0.4, -0.2) is 33.4 Å². The Morgan fingerprint density at radius 2 is 1.73 bits per heavy atom. The Labute approximate surface area is 95.3 Å². The lowest BCUT2D eigenvalue weighted by Crippen LogP contribution is -2.02. The molecule has 90 valence electrons. The number of carbonyl (C=O) groups is 1. The first-order chi connectivity index (χ1) is 7.04. The van der Waals surface area contributed by atoms with Crippen LogP contribution in [-0.2, 0) is 34.9 Å².